The van der Waals surface area contributed by atoms with Crippen molar-refractivity contribution in [3.8, 4) is 0 Å². The third kappa shape index (κ3) is 2.27. The van der Waals surface area contributed by atoms with Crippen LogP contribution in [0.15, 0.2) is 17.2 Å². The molecule has 1 fully saturated rings. The van der Waals surface area contributed by atoms with Crippen molar-refractivity contribution in [2.45, 2.75) is 18.9 Å². The van der Waals surface area contributed by atoms with E-state index in [9.17, 15) is 9.59 Å². The van der Waals surface area contributed by atoms with Crippen molar-refractivity contribution in [3.05, 3.63) is 28.4 Å². The van der Waals surface area contributed by atoms with Gasteiger partial charge in [0.2, 0.25) is 0 Å². The molecule has 2 rings (SSSR count). The lowest BCUT2D eigenvalue weighted by Gasteiger charge is -2.29. The van der Waals surface area contributed by atoms with E-state index in [-0.39, 0.29) is 23.2 Å². The van der Waals surface area contributed by atoms with Crippen molar-refractivity contribution in [1.29, 1.82) is 0 Å². The molecule has 0 aliphatic carbocycles. The first-order valence-corrected chi connectivity index (χ1v) is 5.26. The van der Waals surface area contributed by atoms with Crippen LogP contribution in [-0.4, -0.2) is 39.9 Å². The highest BCUT2D eigenvalue weighted by Crippen LogP contribution is 2.10. The number of rotatable bonds is 1. The van der Waals surface area contributed by atoms with Crippen molar-refractivity contribution in [1.82, 2.24) is 14.9 Å². The predicted molar refractivity (Wildman–Crippen MR) is 58.0 cm³/mol. The second-order valence-electron chi connectivity index (χ2n) is 3.93. The lowest BCUT2D eigenvalue weighted by atomic mass is 10.1. The van der Waals surface area contributed by atoms with E-state index in [2.05, 4.69) is 9.97 Å². The molecular formula is C10H14N4O2. The van der Waals surface area contributed by atoms with Crippen molar-refractivity contribution < 1.29 is 4.79 Å². The maximum Gasteiger partial charge on any atom is 0.273 e. The van der Waals surface area contributed by atoms with Gasteiger partial charge in [0.25, 0.3) is 11.5 Å². The average Bonchev–Trinajstić information content (AvgIpc) is 2.30. The van der Waals surface area contributed by atoms with Gasteiger partial charge in [-0.1, -0.05) is 0 Å². The average molecular weight is 222 g/mol. The Morgan fingerprint density at radius 3 is 2.75 bits per heavy atom. The van der Waals surface area contributed by atoms with Crippen LogP contribution in [0.1, 0.15) is 23.3 Å². The zero-order valence-electron chi connectivity index (χ0n) is 8.85. The number of nitrogens with one attached hydrogen (secondary N) is 1. The summed E-state index contributed by atoms with van der Waals surface area (Å²) in [5.74, 6) is -0.150. The summed E-state index contributed by atoms with van der Waals surface area (Å²) in [5.41, 5.74) is 5.72. The van der Waals surface area contributed by atoms with E-state index in [0.29, 0.717) is 13.1 Å². The van der Waals surface area contributed by atoms with E-state index < -0.39 is 0 Å². The largest absolute Gasteiger partial charge is 0.337 e. The molecule has 1 saturated heterocycles. The molecule has 86 valence electrons. The minimum absolute atomic E-state index is 0.150. The van der Waals surface area contributed by atoms with Crippen LogP contribution in [0.2, 0.25) is 0 Å². The lowest BCUT2D eigenvalue weighted by molar-refractivity contribution is 0.0708. The van der Waals surface area contributed by atoms with Gasteiger partial charge in [-0.15, -0.1) is 0 Å². The second kappa shape index (κ2) is 4.44. The molecule has 0 unspecified atom stereocenters. The summed E-state index contributed by atoms with van der Waals surface area (Å²) < 4.78 is 0. The monoisotopic (exact) mass is 222 g/mol. The normalized spacial score (nSPS) is 17.4. The minimum Gasteiger partial charge on any atom is -0.337 e. The Labute approximate surface area is 92.5 Å². The van der Waals surface area contributed by atoms with Crippen LogP contribution >= 0.6 is 0 Å². The van der Waals surface area contributed by atoms with Crippen LogP contribution in [0.25, 0.3) is 0 Å². The van der Waals surface area contributed by atoms with Crippen LogP contribution in [0.3, 0.4) is 0 Å². The third-order valence-electron chi connectivity index (χ3n) is 2.72. The molecule has 0 aromatic carbocycles. The topological polar surface area (TPSA) is 92.1 Å². The Morgan fingerprint density at radius 1 is 1.50 bits per heavy atom. The van der Waals surface area contributed by atoms with E-state index in [1.165, 1.54) is 6.20 Å². The van der Waals surface area contributed by atoms with E-state index in [4.69, 9.17) is 5.73 Å². The molecule has 0 radical (unpaired) electrons. The van der Waals surface area contributed by atoms with Gasteiger partial charge in [-0.05, 0) is 12.8 Å². The van der Waals surface area contributed by atoms with E-state index in [1.807, 2.05) is 0 Å². The number of H-pyrrole nitrogens is 1. The second-order valence-corrected chi connectivity index (χ2v) is 3.93. The van der Waals surface area contributed by atoms with E-state index in [0.717, 1.165) is 19.0 Å². The number of amides is 1. The quantitative estimate of drug-likeness (QED) is 0.659. The Bertz CT molecular complexity index is 414. The Morgan fingerprint density at radius 2 is 2.19 bits per heavy atom. The molecule has 0 bridgehead atoms. The Kier molecular flexibility index (Phi) is 3.00. The van der Waals surface area contributed by atoms with Crippen LogP contribution in [-0.2, 0) is 0 Å². The summed E-state index contributed by atoms with van der Waals surface area (Å²) >= 11 is 0. The standard InChI is InChI=1S/C10H14N4O2/c11-7-1-3-14(4-2-7)10(16)8-5-13-9(15)6-12-8/h5-7H,1-4,11H2,(H,13,15). The molecule has 16 heavy (non-hydrogen) atoms. The zero-order valence-corrected chi connectivity index (χ0v) is 8.85. The molecule has 1 amide bonds. The summed E-state index contributed by atoms with van der Waals surface area (Å²) in [6.07, 6.45) is 4.09. The molecule has 0 atom stereocenters. The Balaban J connectivity index is 2.07. The summed E-state index contributed by atoms with van der Waals surface area (Å²) in [6.45, 7) is 1.31. The van der Waals surface area contributed by atoms with Gasteiger partial charge in [-0.25, -0.2) is 4.98 Å². The number of piperidine rings is 1. The van der Waals surface area contributed by atoms with E-state index in [1.54, 1.807) is 4.90 Å². The fourth-order valence-corrected chi connectivity index (χ4v) is 1.72. The van der Waals surface area contributed by atoms with Gasteiger partial charge in [0.1, 0.15) is 5.69 Å². The van der Waals surface area contributed by atoms with Gasteiger partial charge < -0.3 is 15.6 Å². The highest BCUT2D eigenvalue weighted by Gasteiger charge is 2.22. The lowest BCUT2D eigenvalue weighted by Crippen LogP contribution is -2.43. The number of carbonyl (C=O) groups is 1. The number of carbonyl (C=O) groups excluding carboxylic acids is 1. The van der Waals surface area contributed by atoms with Crippen molar-refractivity contribution in [2.75, 3.05) is 13.1 Å². The smallest absolute Gasteiger partial charge is 0.273 e. The molecule has 6 heteroatoms. The van der Waals surface area contributed by atoms with Gasteiger partial charge in [0.15, 0.2) is 0 Å². The number of aromatic amines is 1. The molecule has 2 heterocycles. The van der Waals surface area contributed by atoms with Crippen LogP contribution < -0.4 is 11.3 Å². The van der Waals surface area contributed by atoms with E-state index >= 15 is 0 Å². The highest BCUT2D eigenvalue weighted by atomic mass is 16.2. The van der Waals surface area contributed by atoms with Crippen LogP contribution in [0.4, 0.5) is 0 Å². The SMILES string of the molecule is NC1CCN(C(=O)c2c[nH]c(=O)cn2)CC1. The number of hydrogen-bond acceptors (Lipinski definition) is 4. The number of nitrogens with two attached hydrogens (primary N) is 1. The van der Waals surface area contributed by atoms with Gasteiger partial charge in [-0.3, -0.25) is 9.59 Å². The number of aromatic nitrogens is 2. The number of likely N-dealkylation sites (tertiary alicyclic amines) is 1. The van der Waals surface area contributed by atoms with Gasteiger partial charge in [0, 0.05) is 25.3 Å². The van der Waals surface area contributed by atoms with Gasteiger partial charge in [0.05, 0.1) is 6.20 Å². The highest BCUT2D eigenvalue weighted by molar-refractivity contribution is 5.92. The minimum atomic E-state index is -0.308. The first-order chi connectivity index (χ1) is 7.66. The molecule has 0 spiro atoms. The van der Waals surface area contributed by atoms with Crippen LogP contribution in [0.5, 0.6) is 0 Å². The summed E-state index contributed by atoms with van der Waals surface area (Å²) in [6, 6.07) is 0.188. The maximum atomic E-state index is 11.9. The fraction of sp³-hybridized carbons (Fsp3) is 0.500. The summed E-state index contributed by atoms with van der Waals surface area (Å²) in [4.78, 5) is 30.7. The fourth-order valence-electron chi connectivity index (χ4n) is 1.72. The molecule has 1 aromatic heterocycles. The first kappa shape index (κ1) is 10.8. The maximum absolute atomic E-state index is 11.9. The Hall–Kier alpha value is -1.69. The number of nitrogens with zero attached hydrogens (tertiary/aromatic N) is 2. The first-order valence-electron chi connectivity index (χ1n) is 5.26. The molecule has 6 nitrogen and oxygen atoms in total. The third-order valence-corrected chi connectivity index (χ3v) is 2.72. The van der Waals surface area contributed by atoms with Gasteiger partial charge in [-0.2, -0.15) is 0 Å². The molecule has 0 saturated carbocycles. The van der Waals surface area contributed by atoms with Gasteiger partial charge >= 0.3 is 0 Å². The molecule has 1 aliphatic heterocycles. The molecule has 1 aromatic rings. The molecule has 1 aliphatic rings. The van der Waals surface area contributed by atoms with Crippen molar-refractivity contribution in [2.24, 2.45) is 5.73 Å². The van der Waals surface area contributed by atoms with Crippen molar-refractivity contribution >= 4 is 5.91 Å². The van der Waals surface area contributed by atoms with Crippen LogP contribution in [0, 0.1) is 0 Å². The predicted octanol–water partition coefficient (Wildman–Crippen LogP) is -0.667. The molecular weight excluding hydrogens is 208 g/mol. The molecule has 3 N–H and O–H groups in total. The summed E-state index contributed by atoms with van der Waals surface area (Å²) in [7, 11) is 0. The summed E-state index contributed by atoms with van der Waals surface area (Å²) in [5, 5.41) is 0. The van der Waals surface area contributed by atoms with Crippen molar-refractivity contribution in [3.63, 3.8) is 0 Å². The number of hydrogen-bond donors (Lipinski definition) is 2. The zero-order chi connectivity index (χ0) is 11.5.